The van der Waals surface area contributed by atoms with E-state index in [0.717, 1.165) is 19.5 Å². The number of allylic oxidation sites excluding steroid dienone is 2. The van der Waals surface area contributed by atoms with Crippen LogP contribution in [0.5, 0.6) is 0 Å². The van der Waals surface area contributed by atoms with Gasteiger partial charge in [-0.3, -0.25) is 0 Å². The molecule has 3 atom stereocenters. The summed E-state index contributed by atoms with van der Waals surface area (Å²) in [5, 5.41) is 1.81. The van der Waals surface area contributed by atoms with Gasteiger partial charge in [0, 0.05) is 18.8 Å². The molecule has 0 radical (unpaired) electrons. The highest BCUT2D eigenvalue weighted by Crippen LogP contribution is 2.51. The topological polar surface area (TPSA) is 18.5 Å². The molecule has 0 unspecified atom stereocenters. The standard InChI is InChI=1S/C39H56F7IO2Si2/c1-12-29(7)35(49-50(27(3)4,28(5)6)25-24-37(40,41)38(42,43)39(44,45)46)30(8)34(26-31(47)13-2)48-51(36(9,10)11,32-20-16-14-17-21-32)33-22-18-15-19-23-33/h12-23,27-28,30,34-35H,24-26H2,1-11H3/b29-12+,31-13+/t30-,34-,35-/m0/s1. The van der Waals surface area contributed by atoms with Gasteiger partial charge in [0.2, 0.25) is 0 Å². The zero-order chi connectivity index (χ0) is 39.2. The first-order chi connectivity index (χ1) is 23.4. The lowest BCUT2D eigenvalue weighted by molar-refractivity contribution is -0.354. The number of hydrogen-bond donors (Lipinski definition) is 0. The second-order valence-corrected chi connectivity index (χ2v) is 25.8. The molecule has 0 aromatic heterocycles. The Morgan fingerprint density at radius 1 is 0.745 bits per heavy atom. The minimum atomic E-state index is -6.38. The highest BCUT2D eigenvalue weighted by Gasteiger charge is 2.72. The van der Waals surface area contributed by atoms with Crippen LogP contribution in [0.3, 0.4) is 0 Å². The average molecular weight is 873 g/mol. The third kappa shape index (κ3) is 9.99. The summed E-state index contributed by atoms with van der Waals surface area (Å²) in [6.07, 6.45) is -4.76. The van der Waals surface area contributed by atoms with E-state index in [9.17, 15) is 30.7 Å². The van der Waals surface area contributed by atoms with Gasteiger partial charge < -0.3 is 8.85 Å². The van der Waals surface area contributed by atoms with E-state index in [0.29, 0.717) is 6.42 Å². The van der Waals surface area contributed by atoms with Crippen LogP contribution in [0, 0.1) is 5.92 Å². The normalized spacial score (nSPS) is 16.5. The Bertz CT molecular complexity index is 1390. The van der Waals surface area contributed by atoms with Crippen LogP contribution >= 0.6 is 22.6 Å². The van der Waals surface area contributed by atoms with Crippen LogP contribution in [0.1, 0.15) is 89.0 Å². The van der Waals surface area contributed by atoms with E-state index in [4.69, 9.17) is 8.85 Å². The number of rotatable bonds is 17. The van der Waals surface area contributed by atoms with Gasteiger partial charge in [-0.05, 0) is 85.1 Å². The largest absolute Gasteiger partial charge is 0.459 e. The van der Waals surface area contributed by atoms with E-state index in [1.165, 1.54) is 0 Å². The minimum absolute atomic E-state index is 0.356. The van der Waals surface area contributed by atoms with Gasteiger partial charge in [-0.15, -0.1) is 0 Å². The molecule has 2 aromatic carbocycles. The van der Waals surface area contributed by atoms with Crippen molar-refractivity contribution in [3.63, 3.8) is 0 Å². The van der Waals surface area contributed by atoms with Crippen molar-refractivity contribution in [2.75, 3.05) is 0 Å². The lowest BCUT2D eigenvalue weighted by Gasteiger charge is -2.49. The SMILES string of the molecule is C/C=C(/I)C[C@H](O[Si](c1ccccc1)(c1ccccc1)C(C)(C)C)[C@H](C)[C@@H](O[Si](CCC(F)(F)C(F)(F)C(F)(F)F)(C(C)C)C(C)C)/C(C)=C/C. The number of hydrogen-bond acceptors (Lipinski definition) is 2. The van der Waals surface area contributed by atoms with Crippen molar-refractivity contribution >= 4 is 49.6 Å². The summed E-state index contributed by atoms with van der Waals surface area (Å²) >= 11 is 2.29. The Morgan fingerprint density at radius 2 is 1.20 bits per heavy atom. The molecule has 0 saturated carbocycles. The van der Waals surface area contributed by atoms with Crippen molar-refractivity contribution in [2.24, 2.45) is 5.92 Å². The van der Waals surface area contributed by atoms with Gasteiger partial charge in [-0.2, -0.15) is 30.7 Å². The van der Waals surface area contributed by atoms with E-state index in [-0.39, 0.29) is 22.0 Å². The van der Waals surface area contributed by atoms with Gasteiger partial charge in [-0.25, -0.2) is 0 Å². The first-order valence-corrected chi connectivity index (χ1v) is 22.8. The predicted molar refractivity (Wildman–Crippen MR) is 210 cm³/mol. The van der Waals surface area contributed by atoms with Crippen LogP contribution in [0.2, 0.25) is 22.2 Å². The third-order valence-corrected chi connectivity index (χ3v) is 22.1. The molecule has 0 fully saturated rings. The summed E-state index contributed by atoms with van der Waals surface area (Å²) in [7, 11) is -6.61. The molecule has 0 aliphatic heterocycles. The highest BCUT2D eigenvalue weighted by atomic mass is 127. The molecule has 0 saturated heterocycles. The molecule has 2 nitrogen and oxygen atoms in total. The summed E-state index contributed by atoms with van der Waals surface area (Å²) in [6, 6.07) is 19.8. The van der Waals surface area contributed by atoms with Crippen molar-refractivity contribution in [3.05, 3.63) is 82.0 Å². The summed E-state index contributed by atoms with van der Waals surface area (Å²) in [5.74, 6) is -11.9. The molecular weight excluding hydrogens is 816 g/mol. The Morgan fingerprint density at radius 3 is 1.55 bits per heavy atom. The fourth-order valence-electron chi connectivity index (χ4n) is 7.07. The molecule has 0 aliphatic rings. The van der Waals surface area contributed by atoms with Gasteiger partial charge in [0.1, 0.15) is 0 Å². The van der Waals surface area contributed by atoms with Gasteiger partial charge >= 0.3 is 18.0 Å². The molecular formula is C39H56F7IO2Si2. The molecule has 51 heavy (non-hydrogen) atoms. The number of halogens is 8. The Hall–Kier alpha value is -1.49. The van der Waals surface area contributed by atoms with Crippen LogP contribution in [-0.2, 0) is 8.85 Å². The molecule has 2 rings (SSSR count). The minimum Gasteiger partial charge on any atom is -0.409 e. The maximum absolute atomic E-state index is 14.9. The molecule has 0 heterocycles. The van der Waals surface area contributed by atoms with Crippen LogP contribution in [-0.4, -0.2) is 46.9 Å². The van der Waals surface area contributed by atoms with Crippen LogP contribution in [0.15, 0.2) is 82.0 Å². The number of benzene rings is 2. The molecule has 0 aliphatic carbocycles. The molecule has 0 amide bonds. The lowest BCUT2D eigenvalue weighted by Crippen LogP contribution is -2.68. The zero-order valence-corrected chi connectivity index (χ0v) is 35.9. The smallest absolute Gasteiger partial charge is 0.409 e. The predicted octanol–water partition coefficient (Wildman–Crippen LogP) is 12.6. The molecule has 2 aromatic rings. The first-order valence-electron chi connectivity index (χ1n) is 17.6. The van der Waals surface area contributed by atoms with E-state index >= 15 is 0 Å². The molecule has 0 bridgehead atoms. The molecule has 12 heteroatoms. The van der Waals surface area contributed by atoms with Crippen molar-refractivity contribution < 1.29 is 39.6 Å². The van der Waals surface area contributed by atoms with Crippen molar-refractivity contribution in [1.82, 2.24) is 0 Å². The van der Waals surface area contributed by atoms with Crippen LogP contribution < -0.4 is 10.4 Å². The van der Waals surface area contributed by atoms with Gasteiger partial charge in [-0.1, -0.05) is 128 Å². The fourth-order valence-corrected chi connectivity index (χ4v) is 17.0. The Kier molecular flexibility index (Phi) is 15.9. The maximum Gasteiger partial charge on any atom is 0.459 e. The second-order valence-electron chi connectivity index (χ2n) is 15.2. The summed E-state index contributed by atoms with van der Waals surface area (Å²) < 4.78 is 113. The highest BCUT2D eigenvalue weighted by molar-refractivity contribution is 14.1. The van der Waals surface area contributed by atoms with Gasteiger partial charge in [0.05, 0.1) is 12.2 Å². The average Bonchev–Trinajstić information content (AvgIpc) is 3.05. The Balaban J connectivity index is 2.82. The molecule has 0 N–H and O–H groups in total. The zero-order valence-electron chi connectivity index (χ0n) is 31.8. The van der Waals surface area contributed by atoms with Crippen molar-refractivity contribution in [3.8, 4) is 0 Å². The van der Waals surface area contributed by atoms with Gasteiger partial charge in [0.15, 0.2) is 8.32 Å². The molecule has 288 valence electrons. The van der Waals surface area contributed by atoms with Crippen LogP contribution in [0.4, 0.5) is 30.7 Å². The van der Waals surface area contributed by atoms with E-state index < -0.39 is 59.3 Å². The van der Waals surface area contributed by atoms with Crippen molar-refractivity contribution in [1.29, 1.82) is 0 Å². The quantitative estimate of drug-likeness (QED) is 0.0682. The summed E-state index contributed by atoms with van der Waals surface area (Å²) in [4.78, 5) is 0. The van der Waals surface area contributed by atoms with Crippen LogP contribution in [0.25, 0.3) is 0 Å². The van der Waals surface area contributed by atoms with E-state index in [2.05, 4.69) is 67.6 Å². The summed E-state index contributed by atoms with van der Waals surface area (Å²) in [5.41, 5.74) is 0.0531. The number of alkyl halides is 7. The first kappa shape index (κ1) is 45.7. The molecule has 0 spiro atoms. The van der Waals surface area contributed by atoms with E-state index in [1.807, 2.05) is 76.2 Å². The van der Waals surface area contributed by atoms with Crippen molar-refractivity contribution in [2.45, 2.75) is 141 Å². The fraction of sp³-hybridized carbons (Fsp3) is 0.590. The second kappa shape index (κ2) is 17.8. The monoisotopic (exact) mass is 872 g/mol. The van der Waals surface area contributed by atoms with E-state index in [1.54, 1.807) is 27.7 Å². The third-order valence-electron chi connectivity index (χ3n) is 10.4. The lowest BCUT2D eigenvalue weighted by atomic mass is 9.91. The maximum atomic E-state index is 14.9. The van der Waals surface area contributed by atoms with Gasteiger partial charge in [0.25, 0.3) is 8.32 Å². The Labute approximate surface area is 317 Å². The summed E-state index contributed by atoms with van der Waals surface area (Å²) in [6.45, 7) is 21.4.